The first-order valence-electron chi connectivity index (χ1n) is 11.0. The summed E-state index contributed by atoms with van der Waals surface area (Å²) in [6, 6.07) is 22.0. The van der Waals surface area contributed by atoms with Gasteiger partial charge in [0.15, 0.2) is 0 Å². The van der Waals surface area contributed by atoms with Crippen LogP contribution in [0.2, 0.25) is 0 Å². The lowest BCUT2D eigenvalue weighted by Crippen LogP contribution is -2.28. The van der Waals surface area contributed by atoms with Crippen molar-refractivity contribution >= 4 is 0 Å². The Hall–Kier alpha value is -2.12. The van der Waals surface area contributed by atoms with Gasteiger partial charge in [-0.3, -0.25) is 0 Å². The van der Waals surface area contributed by atoms with Crippen LogP contribution in [0.3, 0.4) is 0 Å². The number of nitrogens with one attached hydrogen (secondary N) is 1. The van der Waals surface area contributed by atoms with Gasteiger partial charge in [0.1, 0.15) is 0 Å². The third-order valence-corrected chi connectivity index (χ3v) is 5.04. The highest BCUT2D eigenvalue weighted by molar-refractivity contribution is 5.17. The van der Waals surface area contributed by atoms with Crippen molar-refractivity contribution in [1.29, 1.82) is 0 Å². The zero-order valence-corrected chi connectivity index (χ0v) is 17.5. The number of rotatable bonds is 14. The van der Waals surface area contributed by atoms with E-state index in [0.717, 1.165) is 32.2 Å². The van der Waals surface area contributed by atoms with Crippen LogP contribution in [0.4, 0.5) is 0 Å². The van der Waals surface area contributed by atoms with Gasteiger partial charge < -0.3 is 5.32 Å². The summed E-state index contributed by atoms with van der Waals surface area (Å²) in [5.74, 6) is 0. The summed E-state index contributed by atoms with van der Waals surface area (Å²) in [5.41, 5.74) is 2.75. The SMILES string of the molecule is CCCCCC(C/C=C/CC/C=C/Cc1ccccc1)NCc1ccccc1. The van der Waals surface area contributed by atoms with Crippen LogP contribution < -0.4 is 5.32 Å². The average Bonchev–Trinajstić information content (AvgIpc) is 2.75. The molecule has 0 fully saturated rings. The molecule has 2 aromatic carbocycles. The van der Waals surface area contributed by atoms with E-state index in [-0.39, 0.29) is 0 Å². The molecule has 0 aliphatic carbocycles. The first-order chi connectivity index (χ1) is 13.9. The van der Waals surface area contributed by atoms with Gasteiger partial charge in [-0.05, 0) is 43.2 Å². The number of unbranched alkanes of at least 4 members (excludes halogenated alkanes) is 3. The lowest BCUT2D eigenvalue weighted by atomic mass is 10.0. The fourth-order valence-corrected chi connectivity index (χ4v) is 3.32. The van der Waals surface area contributed by atoms with Crippen molar-refractivity contribution in [2.75, 3.05) is 0 Å². The van der Waals surface area contributed by atoms with Gasteiger partial charge in [0, 0.05) is 12.6 Å². The molecule has 0 aromatic heterocycles. The van der Waals surface area contributed by atoms with Gasteiger partial charge in [0.05, 0.1) is 0 Å². The van der Waals surface area contributed by atoms with Crippen LogP contribution >= 0.6 is 0 Å². The van der Waals surface area contributed by atoms with Gasteiger partial charge >= 0.3 is 0 Å². The van der Waals surface area contributed by atoms with E-state index >= 15 is 0 Å². The molecule has 150 valence electrons. The summed E-state index contributed by atoms with van der Waals surface area (Å²) in [6.07, 6.45) is 19.0. The third kappa shape index (κ3) is 10.3. The summed E-state index contributed by atoms with van der Waals surface area (Å²) >= 11 is 0. The van der Waals surface area contributed by atoms with Crippen molar-refractivity contribution in [3.63, 3.8) is 0 Å². The zero-order chi connectivity index (χ0) is 19.7. The molecule has 2 aromatic rings. The molecule has 0 aliphatic rings. The highest BCUT2D eigenvalue weighted by Gasteiger charge is 2.06. The Kier molecular flexibility index (Phi) is 11.8. The fourth-order valence-electron chi connectivity index (χ4n) is 3.32. The van der Waals surface area contributed by atoms with Crippen LogP contribution in [-0.2, 0) is 13.0 Å². The summed E-state index contributed by atoms with van der Waals surface area (Å²) < 4.78 is 0. The maximum Gasteiger partial charge on any atom is 0.0208 e. The molecule has 0 radical (unpaired) electrons. The molecular formula is C27H37N. The van der Waals surface area contributed by atoms with Crippen LogP contribution in [-0.4, -0.2) is 6.04 Å². The Morgan fingerprint density at radius 2 is 1.39 bits per heavy atom. The predicted octanol–water partition coefficient (Wildman–Crippen LogP) is 7.25. The minimum Gasteiger partial charge on any atom is -0.310 e. The maximum atomic E-state index is 3.76. The van der Waals surface area contributed by atoms with Gasteiger partial charge in [-0.15, -0.1) is 0 Å². The Morgan fingerprint density at radius 3 is 2.07 bits per heavy atom. The van der Waals surface area contributed by atoms with E-state index in [1.165, 1.54) is 36.8 Å². The summed E-state index contributed by atoms with van der Waals surface area (Å²) in [7, 11) is 0. The molecule has 0 heterocycles. The summed E-state index contributed by atoms with van der Waals surface area (Å²) in [4.78, 5) is 0. The van der Waals surface area contributed by atoms with Gasteiger partial charge in [-0.25, -0.2) is 0 Å². The van der Waals surface area contributed by atoms with Crippen molar-refractivity contribution in [2.45, 2.75) is 70.9 Å². The van der Waals surface area contributed by atoms with Crippen LogP contribution in [0.1, 0.15) is 63.0 Å². The van der Waals surface area contributed by atoms with Crippen molar-refractivity contribution < 1.29 is 0 Å². The zero-order valence-electron chi connectivity index (χ0n) is 17.5. The second-order valence-electron chi connectivity index (χ2n) is 7.50. The summed E-state index contributed by atoms with van der Waals surface area (Å²) in [5, 5.41) is 3.76. The van der Waals surface area contributed by atoms with Gasteiger partial charge in [0.2, 0.25) is 0 Å². The van der Waals surface area contributed by atoms with Crippen LogP contribution in [0.15, 0.2) is 85.0 Å². The predicted molar refractivity (Wildman–Crippen MR) is 123 cm³/mol. The molecule has 0 amide bonds. The number of allylic oxidation sites excluding steroid dienone is 3. The van der Waals surface area contributed by atoms with E-state index in [2.05, 4.69) is 97.2 Å². The number of benzene rings is 2. The minimum absolute atomic E-state index is 0.580. The van der Waals surface area contributed by atoms with E-state index < -0.39 is 0 Å². The van der Waals surface area contributed by atoms with Crippen molar-refractivity contribution in [3.8, 4) is 0 Å². The topological polar surface area (TPSA) is 12.0 Å². The van der Waals surface area contributed by atoms with Gasteiger partial charge in [-0.2, -0.15) is 0 Å². The maximum absolute atomic E-state index is 3.76. The largest absolute Gasteiger partial charge is 0.310 e. The number of hydrogen-bond acceptors (Lipinski definition) is 1. The molecule has 1 nitrogen and oxygen atoms in total. The molecule has 1 N–H and O–H groups in total. The van der Waals surface area contributed by atoms with Crippen LogP contribution in [0.5, 0.6) is 0 Å². The van der Waals surface area contributed by atoms with E-state index in [9.17, 15) is 0 Å². The van der Waals surface area contributed by atoms with Crippen LogP contribution in [0, 0.1) is 0 Å². The first-order valence-corrected chi connectivity index (χ1v) is 11.0. The smallest absolute Gasteiger partial charge is 0.0208 e. The highest BCUT2D eigenvalue weighted by Crippen LogP contribution is 2.10. The molecule has 1 heteroatoms. The number of hydrogen-bond donors (Lipinski definition) is 1. The van der Waals surface area contributed by atoms with E-state index in [4.69, 9.17) is 0 Å². The van der Waals surface area contributed by atoms with Crippen molar-refractivity contribution in [1.82, 2.24) is 5.32 Å². The van der Waals surface area contributed by atoms with Crippen molar-refractivity contribution in [3.05, 3.63) is 96.1 Å². The molecule has 0 spiro atoms. The monoisotopic (exact) mass is 375 g/mol. The Balaban J connectivity index is 1.65. The quantitative estimate of drug-likeness (QED) is 0.271. The first kappa shape index (κ1) is 22.2. The van der Waals surface area contributed by atoms with Gasteiger partial charge in [0.25, 0.3) is 0 Å². The molecule has 0 saturated heterocycles. The van der Waals surface area contributed by atoms with E-state index in [1.54, 1.807) is 0 Å². The third-order valence-electron chi connectivity index (χ3n) is 5.04. The Labute approximate surface area is 172 Å². The van der Waals surface area contributed by atoms with E-state index in [1.807, 2.05) is 0 Å². The molecule has 1 unspecified atom stereocenters. The lowest BCUT2D eigenvalue weighted by Gasteiger charge is -2.17. The molecule has 1 atom stereocenters. The second-order valence-corrected chi connectivity index (χ2v) is 7.50. The molecular weight excluding hydrogens is 338 g/mol. The van der Waals surface area contributed by atoms with E-state index in [0.29, 0.717) is 6.04 Å². The molecule has 0 bridgehead atoms. The fraction of sp³-hybridized carbons (Fsp3) is 0.407. The van der Waals surface area contributed by atoms with Gasteiger partial charge in [-0.1, -0.05) is 111 Å². The standard InChI is InChI=1S/C27H37N/c1-2-3-10-22-27(28-24-26-20-14-9-15-21-26)23-16-7-5-4-6-11-17-25-18-12-8-13-19-25/h6-9,11-16,18-21,27-28H,2-5,10,17,22-24H2,1H3/b11-6+,16-7+. The Bertz CT molecular complexity index is 657. The highest BCUT2D eigenvalue weighted by atomic mass is 14.9. The molecule has 0 saturated carbocycles. The molecule has 2 rings (SSSR count). The average molecular weight is 376 g/mol. The van der Waals surface area contributed by atoms with Crippen LogP contribution in [0.25, 0.3) is 0 Å². The lowest BCUT2D eigenvalue weighted by molar-refractivity contribution is 0.460. The molecule has 0 aliphatic heterocycles. The van der Waals surface area contributed by atoms with Crippen molar-refractivity contribution in [2.24, 2.45) is 0 Å². The minimum atomic E-state index is 0.580. The Morgan fingerprint density at radius 1 is 0.750 bits per heavy atom. The normalized spacial score (nSPS) is 12.8. The molecule has 28 heavy (non-hydrogen) atoms. The second kappa shape index (κ2) is 14.9. The summed E-state index contributed by atoms with van der Waals surface area (Å²) in [6.45, 7) is 3.24.